The maximum absolute atomic E-state index is 13.9. The van der Waals surface area contributed by atoms with Gasteiger partial charge in [0, 0.05) is 23.8 Å². The van der Waals surface area contributed by atoms with Crippen molar-refractivity contribution in [1.29, 1.82) is 0 Å². The maximum Gasteiger partial charge on any atom is 0.318 e. The lowest BCUT2D eigenvalue weighted by atomic mass is 10.2. The Labute approximate surface area is 149 Å². The molecule has 1 atom stereocenters. The zero-order chi connectivity index (χ0) is 18.0. The largest absolute Gasteiger partial charge is 0.328 e. The van der Waals surface area contributed by atoms with E-state index < -0.39 is 5.82 Å². The number of hydrogen-bond acceptors (Lipinski definition) is 3. The average molecular weight is 362 g/mol. The molecule has 0 aliphatic rings. The summed E-state index contributed by atoms with van der Waals surface area (Å²) in [5, 5.41) is 11.3. The molecule has 0 saturated carbocycles. The molecule has 0 radical (unpaired) electrons. The molecule has 2 aromatic heterocycles. The molecule has 2 amide bonds. The Bertz CT molecular complexity index is 893. The molecule has 8 heteroatoms. The van der Waals surface area contributed by atoms with Gasteiger partial charge in [0.2, 0.25) is 0 Å². The van der Waals surface area contributed by atoms with Gasteiger partial charge in [-0.1, -0.05) is 23.7 Å². The molecule has 1 aromatic carbocycles. The molecule has 0 aliphatic heterocycles. The van der Waals surface area contributed by atoms with Gasteiger partial charge in [0.05, 0.1) is 12.6 Å². The second-order valence-electron chi connectivity index (χ2n) is 5.71. The fourth-order valence-corrected chi connectivity index (χ4v) is 2.73. The number of carbonyl (C=O) groups is 1. The van der Waals surface area contributed by atoms with E-state index in [0.29, 0.717) is 11.5 Å². The van der Waals surface area contributed by atoms with Crippen LogP contribution in [0.2, 0.25) is 5.02 Å². The Balaban J connectivity index is 1.71. The van der Waals surface area contributed by atoms with Gasteiger partial charge >= 0.3 is 6.03 Å². The van der Waals surface area contributed by atoms with E-state index in [1.165, 1.54) is 17.0 Å². The van der Waals surface area contributed by atoms with Crippen LogP contribution < -0.4 is 5.32 Å². The van der Waals surface area contributed by atoms with Crippen LogP contribution in [0.4, 0.5) is 9.18 Å². The molecular formula is C17H17ClFN5O. The summed E-state index contributed by atoms with van der Waals surface area (Å²) in [6, 6.07) is 9.26. The SMILES string of the molecule is CC(NC(=O)N(C)Cc1c(F)cccc1Cl)c1nnc2ccccn12. The maximum atomic E-state index is 13.9. The topological polar surface area (TPSA) is 62.5 Å². The third-order valence-corrected chi connectivity index (χ3v) is 4.23. The Morgan fingerprint density at radius 1 is 1.32 bits per heavy atom. The monoisotopic (exact) mass is 361 g/mol. The fraction of sp³-hybridized carbons (Fsp3) is 0.235. The van der Waals surface area contributed by atoms with Crippen LogP contribution in [0.15, 0.2) is 42.6 Å². The molecule has 1 N–H and O–H groups in total. The summed E-state index contributed by atoms with van der Waals surface area (Å²) in [7, 11) is 1.58. The first-order valence-electron chi connectivity index (χ1n) is 7.71. The van der Waals surface area contributed by atoms with Gasteiger partial charge in [0.1, 0.15) is 5.82 Å². The number of nitrogens with one attached hydrogen (secondary N) is 1. The summed E-state index contributed by atoms with van der Waals surface area (Å²) in [4.78, 5) is 13.8. The van der Waals surface area contributed by atoms with E-state index in [9.17, 15) is 9.18 Å². The Kier molecular flexibility index (Phi) is 4.85. The first-order valence-corrected chi connectivity index (χ1v) is 8.09. The lowest BCUT2D eigenvalue weighted by Gasteiger charge is -2.21. The van der Waals surface area contributed by atoms with E-state index in [1.807, 2.05) is 31.3 Å². The van der Waals surface area contributed by atoms with Crippen LogP contribution in [0.3, 0.4) is 0 Å². The highest BCUT2D eigenvalue weighted by atomic mass is 35.5. The highest BCUT2D eigenvalue weighted by molar-refractivity contribution is 6.31. The minimum atomic E-state index is -0.441. The highest BCUT2D eigenvalue weighted by Gasteiger charge is 2.19. The van der Waals surface area contributed by atoms with Gasteiger partial charge in [-0.3, -0.25) is 4.40 Å². The van der Waals surface area contributed by atoms with E-state index in [2.05, 4.69) is 15.5 Å². The summed E-state index contributed by atoms with van der Waals surface area (Å²) in [6.07, 6.45) is 1.83. The van der Waals surface area contributed by atoms with Gasteiger partial charge in [-0.2, -0.15) is 0 Å². The summed E-state index contributed by atoms with van der Waals surface area (Å²) in [6.45, 7) is 1.87. The Morgan fingerprint density at radius 2 is 2.12 bits per heavy atom. The Hall–Kier alpha value is -2.67. The van der Waals surface area contributed by atoms with Gasteiger partial charge < -0.3 is 10.2 Å². The molecule has 130 valence electrons. The van der Waals surface area contributed by atoms with Crippen molar-refractivity contribution in [2.24, 2.45) is 0 Å². The molecule has 0 bridgehead atoms. The van der Waals surface area contributed by atoms with Crippen molar-refractivity contribution in [3.63, 3.8) is 0 Å². The number of amides is 2. The minimum absolute atomic E-state index is 0.0602. The zero-order valence-electron chi connectivity index (χ0n) is 13.8. The molecule has 6 nitrogen and oxygen atoms in total. The minimum Gasteiger partial charge on any atom is -0.328 e. The molecule has 3 aromatic rings. The number of carbonyl (C=O) groups excluding carboxylic acids is 1. The van der Waals surface area contributed by atoms with Crippen molar-refractivity contribution in [2.45, 2.75) is 19.5 Å². The molecule has 0 fully saturated rings. The van der Waals surface area contributed by atoms with Gasteiger partial charge in [-0.05, 0) is 31.2 Å². The summed E-state index contributed by atoms with van der Waals surface area (Å²) < 4.78 is 15.7. The van der Waals surface area contributed by atoms with Crippen LogP contribution in [0.5, 0.6) is 0 Å². The van der Waals surface area contributed by atoms with E-state index >= 15 is 0 Å². The lowest BCUT2D eigenvalue weighted by Crippen LogP contribution is -2.38. The molecule has 0 aliphatic carbocycles. The van der Waals surface area contributed by atoms with Crippen LogP contribution in [-0.4, -0.2) is 32.6 Å². The molecule has 0 spiro atoms. The predicted octanol–water partition coefficient (Wildman–Crippen LogP) is 3.42. The third kappa shape index (κ3) is 3.56. The number of pyridine rings is 1. The van der Waals surface area contributed by atoms with E-state index in [-0.39, 0.29) is 29.2 Å². The molecule has 25 heavy (non-hydrogen) atoms. The van der Waals surface area contributed by atoms with E-state index in [4.69, 9.17) is 11.6 Å². The predicted molar refractivity (Wildman–Crippen MR) is 92.8 cm³/mol. The van der Waals surface area contributed by atoms with Crippen LogP contribution in [0.25, 0.3) is 5.65 Å². The summed E-state index contributed by atoms with van der Waals surface area (Å²) >= 11 is 6.01. The second-order valence-corrected chi connectivity index (χ2v) is 6.12. The number of nitrogens with zero attached hydrogens (tertiary/aromatic N) is 4. The number of halogens is 2. The first kappa shape index (κ1) is 17.2. The number of urea groups is 1. The van der Waals surface area contributed by atoms with Crippen LogP contribution >= 0.6 is 11.6 Å². The second kappa shape index (κ2) is 7.06. The van der Waals surface area contributed by atoms with Crippen LogP contribution in [0.1, 0.15) is 24.4 Å². The van der Waals surface area contributed by atoms with Crippen molar-refractivity contribution < 1.29 is 9.18 Å². The molecule has 0 saturated heterocycles. The number of aromatic nitrogens is 3. The van der Waals surface area contributed by atoms with Gasteiger partial charge in [0.15, 0.2) is 11.5 Å². The van der Waals surface area contributed by atoms with E-state index in [1.54, 1.807) is 17.5 Å². The van der Waals surface area contributed by atoms with Crippen molar-refractivity contribution >= 4 is 23.3 Å². The number of benzene rings is 1. The third-order valence-electron chi connectivity index (χ3n) is 3.87. The number of rotatable bonds is 4. The van der Waals surface area contributed by atoms with Gasteiger partial charge in [0.25, 0.3) is 0 Å². The quantitative estimate of drug-likeness (QED) is 0.774. The Morgan fingerprint density at radius 3 is 2.88 bits per heavy atom. The number of fused-ring (bicyclic) bond motifs is 1. The van der Waals surface area contributed by atoms with Crippen molar-refractivity contribution in [3.8, 4) is 0 Å². The van der Waals surface area contributed by atoms with E-state index in [0.717, 1.165) is 0 Å². The first-order chi connectivity index (χ1) is 12.0. The zero-order valence-corrected chi connectivity index (χ0v) is 14.5. The van der Waals surface area contributed by atoms with Crippen molar-refractivity contribution in [2.75, 3.05) is 7.05 Å². The highest BCUT2D eigenvalue weighted by Crippen LogP contribution is 2.20. The van der Waals surface area contributed by atoms with Gasteiger partial charge in [-0.15, -0.1) is 10.2 Å². The molecule has 1 unspecified atom stereocenters. The standard InChI is InChI=1S/C17H17ClFN5O/c1-11(16-22-21-15-8-3-4-9-24(15)16)20-17(25)23(2)10-12-13(18)6-5-7-14(12)19/h3-9,11H,10H2,1-2H3,(H,20,25). The van der Waals surface area contributed by atoms with Crippen LogP contribution in [0, 0.1) is 5.82 Å². The molecule has 3 rings (SSSR count). The summed E-state index contributed by atoms with van der Waals surface area (Å²) in [5.74, 6) is 0.171. The summed E-state index contributed by atoms with van der Waals surface area (Å²) in [5.41, 5.74) is 0.979. The normalized spacial score (nSPS) is 12.2. The number of hydrogen-bond donors (Lipinski definition) is 1. The smallest absolute Gasteiger partial charge is 0.318 e. The molecular weight excluding hydrogens is 345 g/mol. The van der Waals surface area contributed by atoms with Crippen LogP contribution in [-0.2, 0) is 6.54 Å². The lowest BCUT2D eigenvalue weighted by molar-refractivity contribution is 0.202. The average Bonchev–Trinajstić information content (AvgIpc) is 3.02. The fourth-order valence-electron chi connectivity index (χ4n) is 2.51. The van der Waals surface area contributed by atoms with Crippen molar-refractivity contribution in [1.82, 2.24) is 24.8 Å². The molecule has 2 heterocycles. The van der Waals surface area contributed by atoms with Gasteiger partial charge in [-0.25, -0.2) is 9.18 Å². The van der Waals surface area contributed by atoms with Crippen molar-refractivity contribution in [3.05, 3.63) is 64.8 Å².